The standard InChI is InChI=1S/C5H9IN2/c6-8-3-1-2-5(7)4-8/h1-2,5H,3-4,7H2. The quantitative estimate of drug-likeness (QED) is 0.369. The van der Waals surface area contributed by atoms with Gasteiger partial charge in [-0.15, -0.1) is 0 Å². The summed E-state index contributed by atoms with van der Waals surface area (Å²) in [4.78, 5) is 0. The summed E-state index contributed by atoms with van der Waals surface area (Å²) in [7, 11) is 0. The minimum absolute atomic E-state index is 0.251. The summed E-state index contributed by atoms with van der Waals surface area (Å²) < 4.78 is 2.17. The van der Waals surface area contributed by atoms with Crippen molar-refractivity contribution in [3.63, 3.8) is 0 Å². The van der Waals surface area contributed by atoms with Crippen molar-refractivity contribution in [2.75, 3.05) is 13.1 Å². The molecule has 0 aromatic carbocycles. The Morgan fingerprint density at radius 1 is 1.75 bits per heavy atom. The third-order valence-electron chi connectivity index (χ3n) is 1.10. The van der Waals surface area contributed by atoms with Crippen molar-refractivity contribution in [2.24, 2.45) is 5.73 Å². The maximum Gasteiger partial charge on any atom is 0.0362 e. The molecule has 0 saturated carbocycles. The zero-order valence-corrected chi connectivity index (χ0v) is 6.71. The zero-order valence-electron chi connectivity index (χ0n) is 4.55. The highest BCUT2D eigenvalue weighted by Crippen LogP contribution is 2.04. The van der Waals surface area contributed by atoms with E-state index in [1.54, 1.807) is 0 Å². The van der Waals surface area contributed by atoms with Crippen molar-refractivity contribution in [2.45, 2.75) is 6.04 Å². The highest BCUT2D eigenvalue weighted by Gasteiger charge is 2.06. The second-order valence-electron chi connectivity index (χ2n) is 1.92. The average Bonchev–Trinajstić information content (AvgIpc) is 1.64. The maximum absolute atomic E-state index is 5.59. The van der Waals surface area contributed by atoms with Crippen LogP contribution in [0.15, 0.2) is 12.2 Å². The molecule has 1 atom stereocenters. The van der Waals surface area contributed by atoms with Crippen LogP contribution in [0.2, 0.25) is 0 Å². The van der Waals surface area contributed by atoms with Crippen LogP contribution in [0, 0.1) is 0 Å². The largest absolute Gasteiger partial charge is 0.323 e. The van der Waals surface area contributed by atoms with E-state index < -0.39 is 0 Å². The summed E-state index contributed by atoms with van der Waals surface area (Å²) in [5, 5.41) is 0. The Morgan fingerprint density at radius 2 is 2.50 bits per heavy atom. The van der Waals surface area contributed by atoms with Crippen LogP contribution in [0.25, 0.3) is 0 Å². The highest BCUT2D eigenvalue weighted by molar-refractivity contribution is 14.1. The molecule has 1 heterocycles. The van der Waals surface area contributed by atoms with E-state index in [1.165, 1.54) is 0 Å². The van der Waals surface area contributed by atoms with Gasteiger partial charge < -0.3 is 5.73 Å². The van der Waals surface area contributed by atoms with Gasteiger partial charge in [-0.05, 0) is 0 Å². The van der Waals surface area contributed by atoms with Crippen LogP contribution in [0.3, 0.4) is 0 Å². The molecular formula is C5H9IN2. The number of nitrogens with zero attached hydrogens (tertiary/aromatic N) is 1. The molecule has 2 N–H and O–H groups in total. The summed E-state index contributed by atoms with van der Waals surface area (Å²) in [6, 6.07) is 0.251. The van der Waals surface area contributed by atoms with Crippen LogP contribution in [0.5, 0.6) is 0 Å². The Hall–Kier alpha value is 0.390. The molecule has 0 aromatic heterocycles. The molecule has 3 heteroatoms. The highest BCUT2D eigenvalue weighted by atomic mass is 127. The van der Waals surface area contributed by atoms with E-state index in [1.807, 2.05) is 0 Å². The summed E-state index contributed by atoms with van der Waals surface area (Å²) in [6.45, 7) is 2.02. The first-order valence-electron chi connectivity index (χ1n) is 2.62. The lowest BCUT2D eigenvalue weighted by molar-refractivity contribution is 0.510. The third-order valence-corrected chi connectivity index (χ3v) is 1.88. The molecule has 0 amide bonds. The molecule has 0 saturated heterocycles. The normalized spacial score (nSPS) is 31.0. The fraction of sp³-hybridized carbons (Fsp3) is 0.600. The number of hydrogen-bond donors (Lipinski definition) is 1. The van der Waals surface area contributed by atoms with Gasteiger partial charge in [0, 0.05) is 42.0 Å². The smallest absolute Gasteiger partial charge is 0.0362 e. The van der Waals surface area contributed by atoms with E-state index in [4.69, 9.17) is 5.73 Å². The first-order chi connectivity index (χ1) is 3.79. The lowest BCUT2D eigenvalue weighted by atomic mass is 10.2. The molecule has 1 rings (SSSR count). The van der Waals surface area contributed by atoms with Gasteiger partial charge in [0.25, 0.3) is 0 Å². The fourth-order valence-corrected chi connectivity index (χ4v) is 1.40. The Morgan fingerprint density at radius 3 is 2.88 bits per heavy atom. The van der Waals surface area contributed by atoms with Crippen molar-refractivity contribution in [1.29, 1.82) is 0 Å². The van der Waals surface area contributed by atoms with E-state index in [0.717, 1.165) is 13.1 Å². The van der Waals surface area contributed by atoms with Crippen molar-refractivity contribution < 1.29 is 0 Å². The fourth-order valence-electron chi connectivity index (χ4n) is 0.714. The molecule has 2 nitrogen and oxygen atoms in total. The van der Waals surface area contributed by atoms with Gasteiger partial charge in [-0.25, -0.2) is 3.11 Å². The van der Waals surface area contributed by atoms with Crippen LogP contribution < -0.4 is 5.73 Å². The molecule has 0 radical (unpaired) electrons. The molecule has 1 aliphatic rings. The van der Waals surface area contributed by atoms with Gasteiger partial charge in [0.15, 0.2) is 0 Å². The zero-order chi connectivity index (χ0) is 5.98. The van der Waals surface area contributed by atoms with Crippen LogP contribution in [0.1, 0.15) is 0 Å². The second kappa shape index (κ2) is 2.80. The predicted octanol–water partition coefficient (Wildman–Crippen LogP) is 0.536. The predicted molar refractivity (Wildman–Crippen MR) is 42.7 cm³/mol. The summed E-state index contributed by atoms with van der Waals surface area (Å²) in [5.74, 6) is 0. The van der Waals surface area contributed by atoms with Crippen molar-refractivity contribution in [3.8, 4) is 0 Å². The Labute approximate surface area is 63.2 Å². The number of hydrogen-bond acceptors (Lipinski definition) is 2. The van der Waals surface area contributed by atoms with Crippen molar-refractivity contribution >= 4 is 22.9 Å². The minimum atomic E-state index is 0.251. The number of halogens is 1. The molecule has 1 aliphatic heterocycles. The number of nitrogens with two attached hydrogens (primary N) is 1. The molecule has 0 spiro atoms. The SMILES string of the molecule is NC1C=CCN(I)C1. The van der Waals surface area contributed by atoms with E-state index in [0.29, 0.717) is 0 Å². The molecule has 0 fully saturated rings. The average molecular weight is 224 g/mol. The van der Waals surface area contributed by atoms with Crippen LogP contribution in [-0.4, -0.2) is 22.2 Å². The number of rotatable bonds is 0. The van der Waals surface area contributed by atoms with Gasteiger partial charge in [0.05, 0.1) is 0 Å². The lowest BCUT2D eigenvalue weighted by Crippen LogP contribution is -2.33. The second-order valence-corrected chi connectivity index (χ2v) is 3.28. The first kappa shape index (κ1) is 6.51. The third kappa shape index (κ3) is 1.72. The van der Waals surface area contributed by atoms with E-state index >= 15 is 0 Å². The van der Waals surface area contributed by atoms with E-state index in [2.05, 4.69) is 38.1 Å². The Balaban J connectivity index is 2.42. The maximum atomic E-state index is 5.59. The molecule has 0 bridgehead atoms. The van der Waals surface area contributed by atoms with Gasteiger partial charge in [0.1, 0.15) is 0 Å². The Kier molecular flexibility index (Phi) is 2.27. The monoisotopic (exact) mass is 224 g/mol. The lowest BCUT2D eigenvalue weighted by Gasteiger charge is -2.19. The Bertz CT molecular complexity index is 103. The van der Waals surface area contributed by atoms with Gasteiger partial charge in [-0.1, -0.05) is 12.2 Å². The van der Waals surface area contributed by atoms with Crippen LogP contribution >= 0.6 is 22.9 Å². The van der Waals surface area contributed by atoms with Crippen molar-refractivity contribution in [3.05, 3.63) is 12.2 Å². The molecule has 46 valence electrons. The molecule has 0 aromatic rings. The van der Waals surface area contributed by atoms with E-state index in [9.17, 15) is 0 Å². The van der Waals surface area contributed by atoms with Gasteiger partial charge >= 0.3 is 0 Å². The topological polar surface area (TPSA) is 29.3 Å². The minimum Gasteiger partial charge on any atom is -0.323 e. The van der Waals surface area contributed by atoms with Crippen LogP contribution in [-0.2, 0) is 0 Å². The van der Waals surface area contributed by atoms with Crippen molar-refractivity contribution in [1.82, 2.24) is 3.11 Å². The molecular weight excluding hydrogens is 215 g/mol. The first-order valence-corrected chi connectivity index (χ1v) is 3.58. The summed E-state index contributed by atoms with van der Waals surface area (Å²) >= 11 is 2.27. The van der Waals surface area contributed by atoms with Gasteiger partial charge in [0.2, 0.25) is 0 Å². The van der Waals surface area contributed by atoms with Crippen LogP contribution in [0.4, 0.5) is 0 Å². The summed E-state index contributed by atoms with van der Waals surface area (Å²) in [6.07, 6.45) is 4.15. The van der Waals surface area contributed by atoms with E-state index in [-0.39, 0.29) is 6.04 Å². The molecule has 8 heavy (non-hydrogen) atoms. The summed E-state index contributed by atoms with van der Waals surface area (Å²) in [5.41, 5.74) is 5.59. The molecule has 0 aliphatic carbocycles. The van der Waals surface area contributed by atoms with Gasteiger partial charge in [-0.3, -0.25) is 0 Å². The van der Waals surface area contributed by atoms with Gasteiger partial charge in [-0.2, -0.15) is 0 Å². The molecule has 1 unspecified atom stereocenters.